The van der Waals surface area contributed by atoms with Gasteiger partial charge in [0.25, 0.3) is 0 Å². The van der Waals surface area contributed by atoms with E-state index in [1.807, 2.05) is 65.0 Å². The Morgan fingerprint density at radius 1 is 1.00 bits per heavy atom. The molecular weight excluding hydrogens is 596 g/mol. The normalized spacial score (nSPS) is 16.8. The Morgan fingerprint density at radius 3 is 2.33 bits per heavy atom. The zero-order chi connectivity index (χ0) is 32.8. The van der Waals surface area contributed by atoms with Crippen molar-refractivity contribution in [2.24, 2.45) is 11.3 Å². The van der Waals surface area contributed by atoms with Gasteiger partial charge in [0.2, 0.25) is 28.6 Å². The molecule has 1 aliphatic heterocycles. The molecule has 0 spiro atoms. The largest absolute Gasteiger partial charge is 0.454 e. The molecule has 0 bridgehead atoms. The van der Waals surface area contributed by atoms with Crippen molar-refractivity contribution in [3.8, 4) is 11.5 Å². The Hall–Kier alpha value is -3.19. The van der Waals surface area contributed by atoms with Crippen molar-refractivity contribution in [1.82, 2.24) is 20.3 Å². The van der Waals surface area contributed by atoms with Crippen LogP contribution in [-0.2, 0) is 26.0 Å². The third-order valence-corrected chi connectivity index (χ3v) is 9.46. The SMILES string of the molecule is CC(C)CN(C[C@@H](O)[C@H](Cc1ccccc1)NC(=O)[C@H](CC(C)(C)C)NC(=O)CNC1CC1)S(=O)(=O)c1ccc2c(c1)OCO2. The summed E-state index contributed by atoms with van der Waals surface area (Å²) in [7, 11) is -4.05. The van der Waals surface area contributed by atoms with Gasteiger partial charge in [0.05, 0.1) is 23.6 Å². The number of nitrogens with one attached hydrogen (secondary N) is 3. The number of carbonyl (C=O) groups is 2. The lowest BCUT2D eigenvalue weighted by molar-refractivity contribution is -0.130. The van der Waals surface area contributed by atoms with Crippen LogP contribution in [0.5, 0.6) is 11.5 Å². The molecule has 4 rings (SSSR count). The number of rotatable bonds is 16. The van der Waals surface area contributed by atoms with Gasteiger partial charge in [-0.1, -0.05) is 65.0 Å². The van der Waals surface area contributed by atoms with Crippen LogP contribution in [0.3, 0.4) is 0 Å². The maximum absolute atomic E-state index is 13.9. The summed E-state index contributed by atoms with van der Waals surface area (Å²) in [5, 5.41) is 20.7. The minimum absolute atomic E-state index is 0.0157. The lowest BCUT2D eigenvalue weighted by Gasteiger charge is -2.32. The second-order valence-corrected chi connectivity index (χ2v) is 15.6. The van der Waals surface area contributed by atoms with Gasteiger partial charge >= 0.3 is 0 Å². The molecule has 2 aromatic rings. The molecular formula is C33H48N4O7S. The molecule has 248 valence electrons. The number of carbonyl (C=O) groups excluding carboxylic acids is 2. The molecule has 1 heterocycles. The van der Waals surface area contributed by atoms with Crippen LogP contribution in [0.15, 0.2) is 53.4 Å². The molecule has 3 atom stereocenters. The first-order valence-corrected chi connectivity index (χ1v) is 17.1. The zero-order valence-electron chi connectivity index (χ0n) is 26.9. The number of benzene rings is 2. The van der Waals surface area contributed by atoms with E-state index in [0.717, 1.165) is 18.4 Å². The van der Waals surface area contributed by atoms with Crippen molar-refractivity contribution in [2.45, 2.75) is 89.4 Å². The summed E-state index contributed by atoms with van der Waals surface area (Å²) >= 11 is 0. The summed E-state index contributed by atoms with van der Waals surface area (Å²) in [5.74, 6) is 0.0618. The van der Waals surface area contributed by atoms with Crippen molar-refractivity contribution in [1.29, 1.82) is 0 Å². The van der Waals surface area contributed by atoms with Crippen LogP contribution < -0.4 is 25.4 Å². The molecule has 0 radical (unpaired) electrons. The fourth-order valence-corrected chi connectivity index (χ4v) is 6.86. The Labute approximate surface area is 267 Å². The van der Waals surface area contributed by atoms with Crippen LogP contribution in [-0.4, -0.2) is 80.3 Å². The Morgan fingerprint density at radius 2 is 1.69 bits per heavy atom. The first-order chi connectivity index (χ1) is 21.2. The second kappa shape index (κ2) is 14.9. The van der Waals surface area contributed by atoms with Gasteiger partial charge in [-0.3, -0.25) is 9.59 Å². The maximum Gasteiger partial charge on any atom is 0.243 e. The lowest BCUT2D eigenvalue weighted by atomic mass is 9.87. The highest BCUT2D eigenvalue weighted by atomic mass is 32.2. The summed E-state index contributed by atoms with van der Waals surface area (Å²) in [6, 6.07) is 12.5. The molecule has 1 fully saturated rings. The number of hydrogen-bond donors (Lipinski definition) is 4. The van der Waals surface area contributed by atoms with Crippen molar-refractivity contribution in [3.05, 3.63) is 54.1 Å². The standard InChI is InChI=1S/C33H48N4O7S/c1-22(2)19-37(45(41,42)25-13-14-29-30(16-25)44-21-43-29)20-28(38)26(15-23-9-7-6-8-10-23)36-32(40)27(17-33(3,4)5)35-31(39)18-34-24-11-12-24/h6-10,13-14,16,22,24,26-28,34,38H,11-12,15,17-21H2,1-5H3,(H,35,39)(H,36,40)/t26-,27-,28+/m0/s1. The highest BCUT2D eigenvalue weighted by Crippen LogP contribution is 2.35. The minimum atomic E-state index is -4.05. The van der Waals surface area contributed by atoms with E-state index >= 15 is 0 Å². The molecule has 1 saturated carbocycles. The van der Waals surface area contributed by atoms with Gasteiger partial charge in [-0.05, 0) is 54.7 Å². The number of ether oxygens (including phenoxy) is 2. The van der Waals surface area contributed by atoms with Crippen LogP contribution in [0.2, 0.25) is 0 Å². The Balaban J connectivity index is 1.56. The van der Waals surface area contributed by atoms with Gasteiger partial charge in [-0.15, -0.1) is 0 Å². The monoisotopic (exact) mass is 644 g/mol. The molecule has 4 N–H and O–H groups in total. The van der Waals surface area contributed by atoms with Crippen molar-refractivity contribution < 1.29 is 32.6 Å². The van der Waals surface area contributed by atoms with E-state index in [-0.39, 0.29) is 55.0 Å². The summed E-state index contributed by atoms with van der Waals surface area (Å²) in [5.41, 5.74) is 0.584. The van der Waals surface area contributed by atoms with Gasteiger partial charge in [0.1, 0.15) is 6.04 Å². The number of sulfonamides is 1. The van der Waals surface area contributed by atoms with Crippen LogP contribution in [0.25, 0.3) is 0 Å². The van der Waals surface area contributed by atoms with E-state index in [0.29, 0.717) is 24.0 Å². The highest BCUT2D eigenvalue weighted by molar-refractivity contribution is 7.89. The van der Waals surface area contributed by atoms with Crippen molar-refractivity contribution in [2.75, 3.05) is 26.4 Å². The molecule has 11 nitrogen and oxygen atoms in total. The number of amides is 2. The van der Waals surface area contributed by atoms with E-state index in [1.165, 1.54) is 16.4 Å². The molecule has 0 saturated heterocycles. The molecule has 0 aromatic heterocycles. The van der Waals surface area contributed by atoms with Gasteiger partial charge in [0, 0.05) is 25.2 Å². The number of aliphatic hydroxyl groups is 1. The Bertz CT molecular complexity index is 1410. The quantitative estimate of drug-likeness (QED) is 0.218. The van der Waals surface area contributed by atoms with Crippen LogP contribution in [0, 0.1) is 11.3 Å². The Kier molecular flexibility index (Phi) is 11.5. The predicted molar refractivity (Wildman–Crippen MR) is 171 cm³/mol. The third-order valence-electron chi connectivity index (χ3n) is 7.63. The fraction of sp³-hybridized carbons (Fsp3) is 0.576. The van der Waals surface area contributed by atoms with E-state index in [4.69, 9.17) is 9.47 Å². The van der Waals surface area contributed by atoms with E-state index in [1.54, 1.807) is 6.07 Å². The predicted octanol–water partition coefficient (Wildman–Crippen LogP) is 2.82. The van der Waals surface area contributed by atoms with Crippen molar-refractivity contribution >= 4 is 21.8 Å². The molecule has 1 aliphatic carbocycles. The molecule has 2 aliphatic rings. The summed E-state index contributed by atoms with van der Waals surface area (Å²) in [6.45, 7) is 9.80. The second-order valence-electron chi connectivity index (χ2n) is 13.6. The van der Waals surface area contributed by atoms with Gasteiger partial charge in [0.15, 0.2) is 11.5 Å². The number of hydrogen-bond acceptors (Lipinski definition) is 8. The summed E-state index contributed by atoms with van der Waals surface area (Å²) in [4.78, 5) is 26.6. The van der Waals surface area contributed by atoms with Gasteiger partial charge in [-0.25, -0.2) is 8.42 Å². The average Bonchev–Trinajstić information content (AvgIpc) is 3.68. The maximum atomic E-state index is 13.9. The van der Waals surface area contributed by atoms with Crippen LogP contribution >= 0.6 is 0 Å². The van der Waals surface area contributed by atoms with E-state index in [2.05, 4.69) is 16.0 Å². The average molecular weight is 645 g/mol. The lowest BCUT2D eigenvalue weighted by Crippen LogP contribution is -2.56. The minimum Gasteiger partial charge on any atom is -0.454 e. The molecule has 2 amide bonds. The molecule has 2 aromatic carbocycles. The molecule has 45 heavy (non-hydrogen) atoms. The van der Waals surface area contributed by atoms with Crippen LogP contribution in [0.1, 0.15) is 59.4 Å². The smallest absolute Gasteiger partial charge is 0.243 e. The molecule has 0 unspecified atom stereocenters. The fourth-order valence-electron chi connectivity index (χ4n) is 5.23. The number of aliphatic hydroxyl groups excluding tert-OH is 1. The first-order valence-electron chi connectivity index (χ1n) is 15.7. The third kappa shape index (κ3) is 10.4. The van der Waals surface area contributed by atoms with Gasteiger partial charge in [-0.2, -0.15) is 4.31 Å². The van der Waals surface area contributed by atoms with E-state index < -0.39 is 34.1 Å². The van der Waals surface area contributed by atoms with Crippen molar-refractivity contribution in [3.63, 3.8) is 0 Å². The van der Waals surface area contributed by atoms with Gasteiger partial charge < -0.3 is 30.5 Å². The van der Waals surface area contributed by atoms with Crippen LogP contribution in [0.4, 0.5) is 0 Å². The number of fused-ring (bicyclic) bond motifs is 1. The first kappa shape index (κ1) is 34.7. The van der Waals surface area contributed by atoms with E-state index in [9.17, 15) is 23.1 Å². The topological polar surface area (TPSA) is 146 Å². The summed E-state index contributed by atoms with van der Waals surface area (Å²) in [6.07, 6.45) is 1.44. The number of nitrogens with zero attached hydrogens (tertiary/aromatic N) is 1. The summed E-state index contributed by atoms with van der Waals surface area (Å²) < 4.78 is 39.8. The molecule has 12 heteroatoms. The zero-order valence-corrected chi connectivity index (χ0v) is 27.7. The highest BCUT2D eigenvalue weighted by Gasteiger charge is 2.34.